The van der Waals surface area contributed by atoms with Gasteiger partial charge in [-0.1, -0.05) is 24.2 Å². The fraction of sp³-hybridized carbons (Fsp3) is 0.250. The first kappa shape index (κ1) is 18.6. The molecule has 1 amide bonds. The Bertz CT molecular complexity index is 892. The molecule has 6 nitrogen and oxygen atoms in total. The van der Waals surface area contributed by atoms with Gasteiger partial charge in [0.2, 0.25) is 17.6 Å². The van der Waals surface area contributed by atoms with Gasteiger partial charge in [-0.25, -0.2) is 4.39 Å². The van der Waals surface area contributed by atoms with E-state index < -0.39 is 0 Å². The summed E-state index contributed by atoms with van der Waals surface area (Å²) in [5.41, 5.74) is 1.55. The average Bonchev–Trinajstić information content (AvgIpc) is 3.17. The first-order chi connectivity index (χ1) is 13.1. The summed E-state index contributed by atoms with van der Waals surface area (Å²) in [6.07, 6.45) is 0.596. The predicted molar refractivity (Wildman–Crippen MR) is 97.6 cm³/mol. The van der Waals surface area contributed by atoms with E-state index in [-0.39, 0.29) is 24.2 Å². The van der Waals surface area contributed by atoms with Gasteiger partial charge < -0.3 is 14.6 Å². The molecular weight excluding hydrogens is 349 g/mol. The van der Waals surface area contributed by atoms with Crippen molar-refractivity contribution < 1.29 is 18.4 Å². The molecule has 0 saturated heterocycles. The number of benzene rings is 2. The molecule has 140 valence electrons. The van der Waals surface area contributed by atoms with Crippen LogP contribution in [-0.2, 0) is 11.3 Å². The molecular formula is C20H20FN3O3. The summed E-state index contributed by atoms with van der Waals surface area (Å²) < 4.78 is 23.4. The van der Waals surface area contributed by atoms with Gasteiger partial charge in [0.25, 0.3) is 0 Å². The number of hydrogen-bond acceptors (Lipinski definition) is 5. The molecule has 0 saturated carbocycles. The van der Waals surface area contributed by atoms with Crippen molar-refractivity contribution in [3.8, 4) is 17.1 Å². The van der Waals surface area contributed by atoms with Crippen LogP contribution in [0.5, 0.6) is 5.75 Å². The zero-order chi connectivity index (χ0) is 19.2. The van der Waals surface area contributed by atoms with Crippen LogP contribution in [0.3, 0.4) is 0 Å². The predicted octanol–water partition coefficient (Wildman–Crippen LogP) is 3.69. The minimum absolute atomic E-state index is 0.125. The van der Waals surface area contributed by atoms with Crippen LogP contribution in [-0.4, -0.2) is 23.2 Å². The average molecular weight is 369 g/mol. The third kappa shape index (κ3) is 4.49. The van der Waals surface area contributed by atoms with E-state index in [0.29, 0.717) is 18.1 Å². The molecule has 3 aromatic rings. The van der Waals surface area contributed by atoms with Gasteiger partial charge in [0.15, 0.2) is 0 Å². The first-order valence-corrected chi connectivity index (χ1v) is 8.61. The molecule has 7 heteroatoms. The maximum Gasteiger partial charge on any atom is 0.246 e. The zero-order valence-electron chi connectivity index (χ0n) is 15.1. The van der Waals surface area contributed by atoms with E-state index in [0.717, 1.165) is 16.9 Å². The number of carbonyl (C=O) groups is 1. The van der Waals surface area contributed by atoms with Crippen molar-refractivity contribution in [1.29, 1.82) is 0 Å². The van der Waals surface area contributed by atoms with Gasteiger partial charge in [-0.15, -0.1) is 0 Å². The third-order valence-corrected chi connectivity index (χ3v) is 4.23. The summed E-state index contributed by atoms with van der Waals surface area (Å²) in [5.74, 6) is 0.616. The SMILES string of the molecule is CCC(C(=O)NCc1nc(-c2ccc(OC)cc2)no1)c1ccc(F)cc1. The van der Waals surface area contributed by atoms with E-state index in [1.165, 1.54) is 12.1 Å². The normalized spacial score (nSPS) is 11.8. The second-order valence-corrected chi connectivity index (χ2v) is 5.97. The second kappa shape index (κ2) is 8.44. The van der Waals surface area contributed by atoms with Crippen LogP contribution in [0.4, 0.5) is 4.39 Å². The van der Waals surface area contributed by atoms with Gasteiger partial charge in [-0.05, 0) is 48.4 Å². The van der Waals surface area contributed by atoms with Gasteiger partial charge in [0.05, 0.1) is 19.6 Å². The summed E-state index contributed by atoms with van der Waals surface area (Å²) in [5, 5.41) is 6.73. The number of amides is 1. The summed E-state index contributed by atoms with van der Waals surface area (Å²) in [6, 6.07) is 13.2. The Hall–Kier alpha value is -3.22. The molecule has 3 rings (SSSR count). The quantitative estimate of drug-likeness (QED) is 0.687. The number of aromatic nitrogens is 2. The third-order valence-electron chi connectivity index (χ3n) is 4.23. The molecule has 0 aliphatic rings. The molecule has 1 unspecified atom stereocenters. The molecule has 0 bridgehead atoms. The highest BCUT2D eigenvalue weighted by Crippen LogP contribution is 2.21. The number of methoxy groups -OCH3 is 1. The lowest BCUT2D eigenvalue weighted by Crippen LogP contribution is -2.28. The maximum atomic E-state index is 13.1. The van der Waals surface area contributed by atoms with Gasteiger partial charge in [-0.2, -0.15) is 4.98 Å². The van der Waals surface area contributed by atoms with Crippen LogP contribution in [0.2, 0.25) is 0 Å². The highest BCUT2D eigenvalue weighted by molar-refractivity contribution is 5.83. The topological polar surface area (TPSA) is 77.2 Å². The smallest absolute Gasteiger partial charge is 0.246 e. The van der Waals surface area contributed by atoms with E-state index in [1.807, 2.05) is 31.2 Å². The minimum atomic E-state index is -0.366. The first-order valence-electron chi connectivity index (χ1n) is 8.61. The number of carbonyl (C=O) groups excluding carboxylic acids is 1. The van der Waals surface area contributed by atoms with Crippen molar-refractivity contribution in [3.63, 3.8) is 0 Å². The number of rotatable bonds is 7. The second-order valence-electron chi connectivity index (χ2n) is 5.97. The molecule has 0 radical (unpaired) electrons. The van der Waals surface area contributed by atoms with E-state index in [1.54, 1.807) is 19.2 Å². The lowest BCUT2D eigenvalue weighted by Gasteiger charge is -2.14. The number of nitrogens with zero attached hydrogens (tertiary/aromatic N) is 2. The summed E-state index contributed by atoms with van der Waals surface area (Å²) in [4.78, 5) is 16.8. The van der Waals surface area contributed by atoms with Crippen molar-refractivity contribution in [2.75, 3.05) is 7.11 Å². The molecule has 1 atom stereocenters. The van der Waals surface area contributed by atoms with Crippen molar-refractivity contribution in [2.24, 2.45) is 0 Å². The van der Waals surface area contributed by atoms with Crippen molar-refractivity contribution in [2.45, 2.75) is 25.8 Å². The lowest BCUT2D eigenvalue weighted by atomic mass is 9.95. The largest absolute Gasteiger partial charge is 0.497 e. The van der Waals surface area contributed by atoms with Crippen molar-refractivity contribution >= 4 is 5.91 Å². The number of ether oxygens (including phenoxy) is 1. The minimum Gasteiger partial charge on any atom is -0.497 e. The van der Waals surface area contributed by atoms with E-state index in [9.17, 15) is 9.18 Å². The molecule has 1 N–H and O–H groups in total. The van der Waals surface area contributed by atoms with Crippen molar-refractivity contribution in [3.05, 3.63) is 65.8 Å². The molecule has 1 aromatic heterocycles. The van der Waals surface area contributed by atoms with Crippen molar-refractivity contribution in [1.82, 2.24) is 15.5 Å². The number of hydrogen-bond donors (Lipinski definition) is 1. The zero-order valence-corrected chi connectivity index (χ0v) is 15.1. The van der Waals surface area contributed by atoms with Crippen LogP contribution in [0, 0.1) is 5.82 Å². The molecule has 0 aliphatic heterocycles. The fourth-order valence-electron chi connectivity index (χ4n) is 2.74. The Labute approximate surface area is 156 Å². The van der Waals surface area contributed by atoms with E-state index >= 15 is 0 Å². The van der Waals surface area contributed by atoms with Gasteiger partial charge in [0.1, 0.15) is 11.6 Å². The molecule has 0 aliphatic carbocycles. The standard InChI is InChI=1S/C20H20FN3O3/c1-3-17(13-4-8-15(21)9-5-13)20(25)22-12-18-23-19(24-27-18)14-6-10-16(26-2)11-7-14/h4-11,17H,3,12H2,1-2H3,(H,22,25). The van der Waals surface area contributed by atoms with Gasteiger partial charge >= 0.3 is 0 Å². The Morgan fingerprint density at radius 2 is 1.89 bits per heavy atom. The highest BCUT2D eigenvalue weighted by atomic mass is 19.1. The van der Waals surface area contributed by atoms with Gasteiger partial charge in [-0.3, -0.25) is 4.79 Å². The maximum absolute atomic E-state index is 13.1. The van der Waals surface area contributed by atoms with Crippen LogP contribution in [0.25, 0.3) is 11.4 Å². The summed E-state index contributed by atoms with van der Waals surface area (Å²) >= 11 is 0. The van der Waals surface area contributed by atoms with E-state index in [2.05, 4.69) is 15.5 Å². The Kier molecular flexibility index (Phi) is 5.80. The van der Waals surface area contributed by atoms with E-state index in [4.69, 9.17) is 9.26 Å². The molecule has 0 fully saturated rings. The Morgan fingerprint density at radius 3 is 2.52 bits per heavy atom. The van der Waals surface area contributed by atoms with Crippen LogP contribution >= 0.6 is 0 Å². The summed E-state index contributed by atoms with van der Waals surface area (Å²) in [6.45, 7) is 2.03. The summed E-state index contributed by atoms with van der Waals surface area (Å²) in [7, 11) is 1.60. The van der Waals surface area contributed by atoms with Crippen LogP contribution in [0.1, 0.15) is 30.7 Å². The molecule has 1 heterocycles. The molecule has 0 spiro atoms. The molecule has 27 heavy (non-hydrogen) atoms. The highest BCUT2D eigenvalue weighted by Gasteiger charge is 2.19. The van der Waals surface area contributed by atoms with Gasteiger partial charge in [0, 0.05) is 5.56 Å². The van der Waals surface area contributed by atoms with Crippen LogP contribution < -0.4 is 10.1 Å². The molecule has 2 aromatic carbocycles. The number of halogens is 1. The monoisotopic (exact) mass is 369 g/mol. The Morgan fingerprint density at radius 1 is 1.19 bits per heavy atom. The Balaban J connectivity index is 1.63. The number of nitrogens with one attached hydrogen (secondary N) is 1. The lowest BCUT2D eigenvalue weighted by molar-refractivity contribution is -0.122. The fourth-order valence-corrected chi connectivity index (χ4v) is 2.74. The van der Waals surface area contributed by atoms with Crippen LogP contribution in [0.15, 0.2) is 53.1 Å².